The molecule has 0 atom stereocenters. The number of benzene rings is 3. The summed E-state index contributed by atoms with van der Waals surface area (Å²) in [6, 6.07) is 19.1. The minimum absolute atomic E-state index is 0.0100. The first-order valence-electron chi connectivity index (χ1n) is 11.2. The highest BCUT2D eigenvalue weighted by molar-refractivity contribution is 6.10. The van der Waals surface area contributed by atoms with Crippen molar-refractivity contribution in [2.24, 2.45) is 0 Å². The van der Waals surface area contributed by atoms with Gasteiger partial charge in [-0.25, -0.2) is 0 Å². The molecule has 178 valence electrons. The van der Waals surface area contributed by atoms with Crippen LogP contribution in [0.5, 0.6) is 11.5 Å². The third-order valence-corrected chi connectivity index (χ3v) is 5.59. The van der Waals surface area contributed by atoms with Gasteiger partial charge in [-0.2, -0.15) is 0 Å². The van der Waals surface area contributed by atoms with Crippen LogP contribution in [0.15, 0.2) is 77.7 Å². The molecule has 0 aliphatic carbocycles. The predicted octanol–water partition coefficient (Wildman–Crippen LogP) is 4.59. The van der Waals surface area contributed by atoms with E-state index in [1.54, 1.807) is 66.3 Å². The van der Waals surface area contributed by atoms with Gasteiger partial charge >= 0.3 is 0 Å². The van der Waals surface area contributed by atoms with Gasteiger partial charge in [0.1, 0.15) is 18.0 Å². The molecule has 7 heteroatoms. The Hall–Kier alpha value is -4.39. The van der Waals surface area contributed by atoms with Gasteiger partial charge in [0.2, 0.25) is 11.3 Å². The van der Waals surface area contributed by atoms with Crippen LogP contribution in [0.1, 0.15) is 28.4 Å². The number of anilines is 1. The van der Waals surface area contributed by atoms with E-state index in [-0.39, 0.29) is 18.0 Å². The van der Waals surface area contributed by atoms with E-state index in [1.807, 2.05) is 26.0 Å². The fourth-order valence-corrected chi connectivity index (χ4v) is 3.84. The molecule has 0 unspecified atom stereocenters. The van der Waals surface area contributed by atoms with Gasteiger partial charge in [-0.05, 0) is 44.2 Å². The summed E-state index contributed by atoms with van der Waals surface area (Å²) in [6.45, 7) is 4.11. The fourth-order valence-electron chi connectivity index (χ4n) is 3.84. The highest BCUT2D eigenvalue weighted by Crippen LogP contribution is 2.21. The van der Waals surface area contributed by atoms with E-state index in [4.69, 9.17) is 9.47 Å². The number of rotatable bonds is 8. The molecule has 3 aromatic carbocycles. The lowest BCUT2D eigenvalue weighted by Crippen LogP contribution is -2.24. The number of nitrogens with one attached hydrogen (secondary N) is 1. The summed E-state index contributed by atoms with van der Waals surface area (Å²) in [5, 5.41) is 3.14. The van der Waals surface area contributed by atoms with Crippen LogP contribution in [0.2, 0.25) is 0 Å². The van der Waals surface area contributed by atoms with E-state index in [9.17, 15) is 14.4 Å². The first kappa shape index (κ1) is 23.8. The van der Waals surface area contributed by atoms with E-state index in [0.29, 0.717) is 40.3 Å². The highest BCUT2D eigenvalue weighted by atomic mass is 16.5. The SMILES string of the molecule is CCOc1ccc2c(c1)c(=O)c(C(=O)c1ccc(C)cc1)cn2CC(=O)Nc1cccc(OC)c1. The molecule has 0 aliphatic heterocycles. The molecule has 1 N–H and O–H groups in total. The monoisotopic (exact) mass is 470 g/mol. The molecule has 35 heavy (non-hydrogen) atoms. The van der Waals surface area contributed by atoms with Gasteiger partial charge in [0, 0.05) is 23.5 Å². The maximum atomic E-state index is 13.4. The molecule has 0 spiro atoms. The molecule has 4 aromatic rings. The molecule has 1 aromatic heterocycles. The van der Waals surface area contributed by atoms with Crippen molar-refractivity contribution in [1.29, 1.82) is 0 Å². The second kappa shape index (κ2) is 10.3. The quantitative estimate of drug-likeness (QED) is 0.381. The molecule has 0 aliphatic rings. The number of pyridine rings is 1. The van der Waals surface area contributed by atoms with Gasteiger partial charge < -0.3 is 19.4 Å². The van der Waals surface area contributed by atoms with Crippen LogP contribution < -0.4 is 20.2 Å². The van der Waals surface area contributed by atoms with Crippen molar-refractivity contribution in [2.45, 2.75) is 20.4 Å². The van der Waals surface area contributed by atoms with Crippen LogP contribution in [0.25, 0.3) is 10.9 Å². The Kier molecular flexibility index (Phi) is 6.96. The number of fused-ring (bicyclic) bond motifs is 1. The van der Waals surface area contributed by atoms with Crippen molar-refractivity contribution in [3.05, 3.63) is 99.8 Å². The van der Waals surface area contributed by atoms with Gasteiger partial charge in [-0.15, -0.1) is 0 Å². The molecule has 1 heterocycles. The van der Waals surface area contributed by atoms with Crippen molar-refractivity contribution < 1.29 is 19.1 Å². The lowest BCUT2D eigenvalue weighted by Gasteiger charge is -2.15. The third kappa shape index (κ3) is 5.24. The van der Waals surface area contributed by atoms with Crippen LogP contribution >= 0.6 is 0 Å². The van der Waals surface area contributed by atoms with Gasteiger partial charge in [0.15, 0.2) is 5.78 Å². The van der Waals surface area contributed by atoms with Crippen LogP contribution in [0.4, 0.5) is 5.69 Å². The van der Waals surface area contributed by atoms with Crippen molar-refractivity contribution in [3.63, 3.8) is 0 Å². The number of aryl methyl sites for hydroxylation is 1. The molecular weight excluding hydrogens is 444 g/mol. The van der Waals surface area contributed by atoms with Crippen molar-refractivity contribution in [3.8, 4) is 11.5 Å². The number of methoxy groups -OCH3 is 1. The lowest BCUT2D eigenvalue weighted by molar-refractivity contribution is -0.116. The van der Waals surface area contributed by atoms with Crippen LogP contribution in [-0.4, -0.2) is 30.0 Å². The Bertz CT molecular complexity index is 1450. The number of amides is 1. The Morgan fingerprint density at radius 2 is 1.74 bits per heavy atom. The third-order valence-electron chi connectivity index (χ3n) is 5.59. The molecule has 0 bridgehead atoms. The Labute approximate surface area is 202 Å². The molecular formula is C28H26N2O5. The topological polar surface area (TPSA) is 86.6 Å². The molecule has 1 amide bonds. The summed E-state index contributed by atoms with van der Waals surface area (Å²) < 4.78 is 12.4. The summed E-state index contributed by atoms with van der Waals surface area (Å²) in [5.74, 6) is 0.418. The minimum atomic E-state index is -0.406. The summed E-state index contributed by atoms with van der Waals surface area (Å²) in [4.78, 5) is 39.5. The predicted molar refractivity (Wildman–Crippen MR) is 136 cm³/mol. The number of carbonyl (C=O) groups excluding carboxylic acids is 2. The average Bonchev–Trinajstić information content (AvgIpc) is 2.86. The molecule has 7 nitrogen and oxygen atoms in total. The first-order valence-corrected chi connectivity index (χ1v) is 11.2. The summed E-state index contributed by atoms with van der Waals surface area (Å²) >= 11 is 0. The molecule has 4 rings (SSSR count). The van der Waals surface area contributed by atoms with Crippen LogP contribution in [0, 0.1) is 6.92 Å². The van der Waals surface area contributed by atoms with Gasteiger partial charge in [0.05, 0.1) is 30.2 Å². The van der Waals surface area contributed by atoms with E-state index >= 15 is 0 Å². The second-order valence-corrected chi connectivity index (χ2v) is 8.09. The van der Waals surface area contributed by atoms with Crippen LogP contribution in [0.3, 0.4) is 0 Å². The summed E-state index contributed by atoms with van der Waals surface area (Å²) in [6.07, 6.45) is 1.46. The number of carbonyl (C=O) groups is 2. The number of hydrogen-bond acceptors (Lipinski definition) is 5. The maximum Gasteiger partial charge on any atom is 0.244 e. The number of ketones is 1. The highest BCUT2D eigenvalue weighted by Gasteiger charge is 2.19. The van der Waals surface area contributed by atoms with Crippen molar-refractivity contribution in [1.82, 2.24) is 4.57 Å². The number of hydrogen-bond donors (Lipinski definition) is 1. The lowest BCUT2D eigenvalue weighted by atomic mass is 10.0. The van der Waals surface area contributed by atoms with Crippen molar-refractivity contribution in [2.75, 3.05) is 19.0 Å². The normalized spacial score (nSPS) is 10.7. The fraction of sp³-hybridized carbons (Fsp3) is 0.179. The average molecular weight is 471 g/mol. The smallest absolute Gasteiger partial charge is 0.244 e. The Morgan fingerprint density at radius 1 is 0.971 bits per heavy atom. The van der Waals surface area contributed by atoms with Gasteiger partial charge in [-0.3, -0.25) is 14.4 Å². The van der Waals surface area contributed by atoms with E-state index in [0.717, 1.165) is 5.56 Å². The maximum absolute atomic E-state index is 13.4. The summed E-state index contributed by atoms with van der Waals surface area (Å²) in [7, 11) is 1.55. The zero-order valence-electron chi connectivity index (χ0n) is 19.8. The molecule has 0 saturated carbocycles. The minimum Gasteiger partial charge on any atom is -0.497 e. The zero-order chi connectivity index (χ0) is 24.9. The molecule has 0 fully saturated rings. The van der Waals surface area contributed by atoms with E-state index in [2.05, 4.69) is 5.32 Å². The first-order chi connectivity index (χ1) is 16.9. The Balaban J connectivity index is 1.76. The number of aromatic nitrogens is 1. The molecule has 0 radical (unpaired) electrons. The largest absolute Gasteiger partial charge is 0.497 e. The second-order valence-electron chi connectivity index (χ2n) is 8.09. The van der Waals surface area contributed by atoms with Gasteiger partial charge in [0.25, 0.3) is 0 Å². The zero-order valence-corrected chi connectivity index (χ0v) is 19.8. The number of ether oxygens (including phenoxy) is 2. The van der Waals surface area contributed by atoms with Crippen molar-refractivity contribution >= 4 is 28.3 Å². The van der Waals surface area contributed by atoms with Gasteiger partial charge in [-0.1, -0.05) is 35.9 Å². The standard InChI is InChI=1S/C28H26N2O5/c1-4-35-22-12-13-25-23(15-22)28(33)24(27(32)19-10-8-18(2)9-11-19)16-30(25)17-26(31)29-20-6-5-7-21(14-20)34-3/h5-16H,4,17H2,1-3H3,(H,29,31). The van der Waals surface area contributed by atoms with E-state index in [1.165, 1.54) is 6.20 Å². The molecule has 0 saturated heterocycles. The number of nitrogens with zero attached hydrogens (tertiary/aromatic N) is 1. The Morgan fingerprint density at radius 3 is 2.46 bits per heavy atom. The summed E-state index contributed by atoms with van der Waals surface area (Å²) in [5.41, 5.74) is 2.10. The van der Waals surface area contributed by atoms with Crippen LogP contribution in [-0.2, 0) is 11.3 Å². The van der Waals surface area contributed by atoms with E-state index < -0.39 is 11.2 Å².